The summed E-state index contributed by atoms with van der Waals surface area (Å²) in [5.41, 5.74) is 2.65. The SMILES string of the molecule is Cc1cc(Cc2nc(Cc3ccc(F)cc3C)no2)on1. The van der Waals surface area contributed by atoms with Crippen molar-refractivity contribution in [3.05, 3.63) is 64.4 Å². The number of nitrogens with zero attached hydrogens (tertiary/aromatic N) is 3. The molecule has 0 bridgehead atoms. The Balaban J connectivity index is 1.72. The molecule has 0 amide bonds. The zero-order valence-electron chi connectivity index (χ0n) is 11.8. The molecule has 0 atom stereocenters. The van der Waals surface area contributed by atoms with E-state index in [-0.39, 0.29) is 5.82 Å². The molecule has 0 N–H and O–H groups in total. The molecule has 0 saturated heterocycles. The number of hydrogen-bond donors (Lipinski definition) is 0. The first-order valence-electron chi connectivity index (χ1n) is 6.59. The van der Waals surface area contributed by atoms with Crippen LogP contribution >= 0.6 is 0 Å². The molecule has 3 aromatic rings. The molecule has 1 aromatic carbocycles. The molecule has 0 radical (unpaired) electrons. The molecular formula is C15H14FN3O2. The van der Waals surface area contributed by atoms with Crippen molar-refractivity contribution in [1.82, 2.24) is 15.3 Å². The summed E-state index contributed by atoms with van der Waals surface area (Å²) in [6.45, 7) is 3.71. The molecule has 0 aliphatic carbocycles. The second-order valence-electron chi connectivity index (χ2n) is 4.96. The average molecular weight is 287 g/mol. The van der Waals surface area contributed by atoms with Gasteiger partial charge >= 0.3 is 0 Å². The molecule has 2 heterocycles. The van der Waals surface area contributed by atoms with Crippen LogP contribution < -0.4 is 0 Å². The van der Waals surface area contributed by atoms with Crippen LogP contribution in [0.15, 0.2) is 33.3 Å². The molecule has 0 spiro atoms. The summed E-state index contributed by atoms with van der Waals surface area (Å²) in [4.78, 5) is 4.31. The number of rotatable bonds is 4. The minimum Gasteiger partial charge on any atom is -0.361 e. The Bertz CT molecular complexity index is 764. The molecule has 6 heteroatoms. The largest absolute Gasteiger partial charge is 0.361 e. The number of benzene rings is 1. The third kappa shape index (κ3) is 3.16. The maximum absolute atomic E-state index is 13.1. The van der Waals surface area contributed by atoms with E-state index in [1.165, 1.54) is 12.1 Å². The van der Waals surface area contributed by atoms with E-state index in [0.717, 1.165) is 16.8 Å². The molecule has 0 unspecified atom stereocenters. The lowest BCUT2D eigenvalue weighted by molar-refractivity contribution is 0.348. The summed E-state index contributed by atoms with van der Waals surface area (Å²) < 4.78 is 23.4. The molecule has 0 fully saturated rings. The summed E-state index contributed by atoms with van der Waals surface area (Å²) >= 11 is 0. The lowest BCUT2D eigenvalue weighted by Gasteiger charge is -2.02. The summed E-state index contributed by atoms with van der Waals surface area (Å²) in [7, 11) is 0. The highest BCUT2D eigenvalue weighted by Gasteiger charge is 2.12. The third-order valence-corrected chi connectivity index (χ3v) is 3.17. The van der Waals surface area contributed by atoms with E-state index in [1.807, 2.05) is 19.9 Å². The second kappa shape index (κ2) is 5.47. The topological polar surface area (TPSA) is 65.0 Å². The van der Waals surface area contributed by atoms with E-state index in [2.05, 4.69) is 15.3 Å². The van der Waals surface area contributed by atoms with Gasteiger partial charge in [0.1, 0.15) is 11.6 Å². The number of hydrogen-bond acceptors (Lipinski definition) is 5. The van der Waals surface area contributed by atoms with E-state index in [4.69, 9.17) is 9.05 Å². The van der Waals surface area contributed by atoms with Gasteiger partial charge in [0.05, 0.1) is 12.1 Å². The van der Waals surface area contributed by atoms with E-state index in [0.29, 0.717) is 30.3 Å². The molecule has 2 aromatic heterocycles. The van der Waals surface area contributed by atoms with Crippen LogP contribution in [0.5, 0.6) is 0 Å². The van der Waals surface area contributed by atoms with Crippen molar-refractivity contribution in [3.8, 4) is 0 Å². The monoisotopic (exact) mass is 287 g/mol. The Hall–Kier alpha value is -2.50. The van der Waals surface area contributed by atoms with Gasteiger partial charge in [-0.2, -0.15) is 4.98 Å². The van der Waals surface area contributed by atoms with Gasteiger partial charge in [-0.05, 0) is 37.1 Å². The number of aryl methyl sites for hydroxylation is 2. The highest BCUT2D eigenvalue weighted by molar-refractivity contribution is 5.28. The standard InChI is InChI=1S/C15H14FN3O2/c1-9-5-12(16)4-3-11(9)7-14-17-15(21-19-14)8-13-6-10(2)18-20-13/h3-6H,7-8H2,1-2H3. The second-order valence-corrected chi connectivity index (χ2v) is 4.96. The van der Waals surface area contributed by atoms with Gasteiger partial charge in [0.15, 0.2) is 5.82 Å². The maximum Gasteiger partial charge on any atom is 0.234 e. The van der Waals surface area contributed by atoms with Gasteiger partial charge in [-0.3, -0.25) is 0 Å². The van der Waals surface area contributed by atoms with Crippen molar-refractivity contribution >= 4 is 0 Å². The highest BCUT2D eigenvalue weighted by atomic mass is 19.1. The minimum absolute atomic E-state index is 0.245. The van der Waals surface area contributed by atoms with Crippen LogP contribution in [0.3, 0.4) is 0 Å². The smallest absolute Gasteiger partial charge is 0.234 e. The van der Waals surface area contributed by atoms with E-state index >= 15 is 0 Å². The fourth-order valence-electron chi connectivity index (χ4n) is 2.11. The van der Waals surface area contributed by atoms with Crippen molar-refractivity contribution < 1.29 is 13.4 Å². The highest BCUT2D eigenvalue weighted by Crippen LogP contribution is 2.15. The lowest BCUT2D eigenvalue weighted by atomic mass is 10.1. The number of halogens is 1. The minimum atomic E-state index is -0.245. The zero-order chi connectivity index (χ0) is 14.8. The van der Waals surface area contributed by atoms with Crippen molar-refractivity contribution in [3.63, 3.8) is 0 Å². The molecule has 3 rings (SSSR count). The molecular weight excluding hydrogens is 273 g/mol. The molecule has 0 aliphatic rings. The third-order valence-electron chi connectivity index (χ3n) is 3.17. The predicted octanol–water partition coefficient (Wildman–Crippen LogP) is 3.00. The van der Waals surface area contributed by atoms with E-state index in [9.17, 15) is 4.39 Å². The molecule has 0 saturated carbocycles. The van der Waals surface area contributed by atoms with Crippen LogP contribution in [0.1, 0.15) is 34.3 Å². The van der Waals surface area contributed by atoms with Gasteiger partial charge < -0.3 is 9.05 Å². The fraction of sp³-hybridized carbons (Fsp3) is 0.267. The van der Waals surface area contributed by atoms with Gasteiger partial charge in [-0.15, -0.1) is 0 Å². The molecule has 21 heavy (non-hydrogen) atoms. The van der Waals surface area contributed by atoms with Crippen LogP contribution in [0.2, 0.25) is 0 Å². The number of aromatic nitrogens is 3. The summed E-state index contributed by atoms with van der Waals surface area (Å²) in [5, 5.41) is 7.74. The Morgan fingerprint density at radius 3 is 2.62 bits per heavy atom. The van der Waals surface area contributed by atoms with Gasteiger partial charge in [0.25, 0.3) is 0 Å². The molecule has 5 nitrogen and oxygen atoms in total. The summed E-state index contributed by atoms with van der Waals surface area (Å²) in [6, 6.07) is 6.49. The Morgan fingerprint density at radius 1 is 1.05 bits per heavy atom. The van der Waals surface area contributed by atoms with Gasteiger partial charge in [0.2, 0.25) is 5.89 Å². The summed E-state index contributed by atoms with van der Waals surface area (Å²) in [5.74, 6) is 1.48. The average Bonchev–Trinajstić information content (AvgIpc) is 3.03. The lowest BCUT2D eigenvalue weighted by Crippen LogP contribution is -1.95. The van der Waals surface area contributed by atoms with Gasteiger partial charge in [0, 0.05) is 12.5 Å². The zero-order valence-corrected chi connectivity index (χ0v) is 11.8. The van der Waals surface area contributed by atoms with Gasteiger partial charge in [-0.25, -0.2) is 4.39 Å². The van der Waals surface area contributed by atoms with Crippen LogP contribution in [0, 0.1) is 19.7 Å². The van der Waals surface area contributed by atoms with Gasteiger partial charge in [-0.1, -0.05) is 16.4 Å². The summed E-state index contributed by atoms with van der Waals surface area (Å²) in [6.07, 6.45) is 0.918. The van der Waals surface area contributed by atoms with Crippen molar-refractivity contribution in [1.29, 1.82) is 0 Å². The van der Waals surface area contributed by atoms with Crippen molar-refractivity contribution in [2.24, 2.45) is 0 Å². The van der Waals surface area contributed by atoms with Crippen LogP contribution in [0.25, 0.3) is 0 Å². The Labute approximate surface area is 120 Å². The first-order valence-corrected chi connectivity index (χ1v) is 6.59. The van der Waals surface area contributed by atoms with E-state index in [1.54, 1.807) is 6.07 Å². The maximum atomic E-state index is 13.1. The Kier molecular flexibility index (Phi) is 3.51. The van der Waals surface area contributed by atoms with Crippen LogP contribution in [-0.4, -0.2) is 15.3 Å². The van der Waals surface area contributed by atoms with Crippen LogP contribution in [0.4, 0.5) is 4.39 Å². The van der Waals surface area contributed by atoms with Crippen LogP contribution in [-0.2, 0) is 12.8 Å². The first-order chi connectivity index (χ1) is 10.1. The molecule has 108 valence electrons. The predicted molar refractivity (Wildman–Crippen MR) is 72.3 cm³/mol. The molecule has 0 aliphatic heterocycles. The quantitative estimate of drug-likeness (QED) is 0.738. The van der Waals surface area contributed by atoms with Crippen molar-refractivity contribution in [2.45, 2.75) is 26.7 Å². The normalized spacial score (nSPS) is 11.0. The fourth-order valence-corrected chi connectivity index (χ4v) is 2.11. The van der Waals surface area contributed by atoms with E-state index < -0.39 is 0 Å². The first kappa shape index (κ1) is 13.5. The van der Waals surface area contributed by atoms with Crippen molar-refractivity contribution in [2.75, 3.05) is 0 Å². The Morgan fingerprint density at radius 2 is 1.90 bits per heavy atom.